The van der Waals surface area contributed by atoms with E-state index in [1.165, 1.54) is 5.69 Å². The molecule has 1 heterocycles. The van der Waals surface area contributed by atoms with Gasteiger partial charge >= 0.3 is 0 Å². The van der Waals surface area contributed by atoms with Gasteiger partial charge in [-0.15, -0.1) is 0 Å². The Morgan fingerprint density at radius 3 is 1.78 bits per heavy atom. The van der Waals surface area contributed by atoms with Gasteiger partial charge in [-0.1, -0.05) is 6.92 Å². The fraction of sp³-hybridized carbons (Fsp3) is 0.750. The lowest BCUT2D eigenvalue weighted by atomic mass is 10.2. The maximum Gasteiger partial charge on any atom is 0.0704 e. The minimum atomic E-state index is 0.299. The topological polar surface area (TPSA) is 78.7 Å². The van der Waals surface area contributed by atoms with Gasteiger partial charge in [0.25, 0.3) is 0 Å². The van der Waals surface area contributed by atoms with Crippen LogP contribution in [0.3, 0.4) is 0 Å². The fourth-order valence-electron chi connectivity index (χ4n) is 3.30. The molecule has 1 aliphatic rings. The number of rotatable bonds is 18. The Balaban J connectivity index is 1.31. The van der Waals surface area contributed by atoms with E-state index in [0.717, 1.165) is 51.4 Å². The molecule has 1 aromatic rings. The van der Waals surface area contributed by atoms with E-state index in [4.69, 9.17) is 29.4 Å². The molecule has 0 spiro atoms. The monoisotopic (exact) mass is 453 g/mol. The van der Waals surface area contributed by atoms with E-state index >= 15 is 0 Å². The highest BCUT2D eigenvalue weighted by atomic mass is 16.6. The van der Waals surface area contributed by atoms with Crippen molar-refractivity contribution in [3.63, 3.8) is 0 Å². The summed E-state index contributed by atoms with van der Waals surface area (Å²) < 4.78 is 27.7. The summed E-state index contributed by atoms with van der Waals surface area (Å²) in [5, 5.41) is 0. The van der Waals surface area contributed by atoms with Crippen molar-refractivity contribution in [1.82, 2.24) is 4.90 Å². The summed E-state index contributed by atoms with van der Waals surface area (Å²) in [4.78, 5) is 4.85. The largest absolute Gasteiger partial charge is 0.399 e. The molecule has 0 radical (unpaired) electrons. The summed E-state index contributed by atoms with van der Waals surface area (Å²) in [7, 11) is 0. The maximum absolute atomic E-state index is 5.77. The number of nitrogen functional groups attached to an aromatic ring is 1. The summed E-state index contributed by atoms with van der Waals surface area (Å²) in [5.74, 6) is 0. The number of hydrogen-bond donors (Lipinski definition) is 1. The average molecular weight is 454 g/mol. The van der Waals surface area contributed by atoms with E-state index in [9.17, 15) is 0 Å². The molecule has 1 saturated heterocycles. The highest BCUT2D eigenvalue weighted by Gasteiger charge is 2.16. The molecule has 1 fully saturated rings. The summed E-state index contributed by atoms with van der Waals surface area (Å²) in [6, 6.07) is 8.12. The molecule has 2 rings (SSSR count). The van der Waals surface area contributed by atoms with Crippen LogP contribution in [-0.4, -0.2) is 103 Å². The van der Waals surface area contributed by atoms with Crippen LogP contribution in [-0.2, 0) is 23.7 Å². The summed E-state index contributed by atoms with van der Waals surface area (Å²) in [6.45, 7) is 14.8. The van der Waals surface area contributed by atoms with Crippen molar-refractivity contribution in [2.45, 2.75) is 26.4 Å². The van der Waals surface area contributed by atoms with Crippen LogP contribution in [0.1, 0.15) is 20.3 Å². The lowest BCUT2D eigenvalue weighted by molar-refractivity contribution is -0.0209. The molecule has 8 nitrogen and oxygen atoms in total. The Hall–Kier alpha value is -1.42. The van der Waals surface area contributed by atoms with Crippen LogP contribution >= 0.6 is 0 Å². The van der Waals surface area contributed by atoms with Crippen LogP contribution in [0.2, 0.25) is 0 Å². The van der Waals surface area contributed by atoms with Crippen molar-refractivity contribution in [3.05, 3.63) is 24.3 Å². The minimum absolute atomic E-state index is 0.299. The number of anilines is 2. The first-order valence-corrected chi connectivity index (χ1v) is 11.9. The molecule has 0 bridgehead atoms. The summed E-state index contributed by atoms with van der Waals surface area (Å²) in [5.41, 5.74) is 7.82. The molecule has 0 saturated carbocycles. The molecule has 1 unspecified atom stereocenters. The number of hydrogen-bond acceptors (Lipinski definition) is 8. The molecule has 0 aliphatic carbocycles. The number of nitrogens with two attached hydrogens (primary N) is 1. The smallest absolute Gasteiger partial charge is 0.0704 e. The Morgan fingerprint density at radius 1 is 0.750 bits per heavy atom. The van der Waals surface area contributed by atoms with Gasteiger partial charge in [0, 0.05) is 44.1 Å². The first-order chi connectivity index (χ1) is 15.7. The number of ether oxygens (including phenoxy) is 5. The molecular weight excluding hydrogens is 410 g/mol. The lowest BCUT2D eigenvalue weighted by Crippen LogP contribution is -2.47. The third-order valence-corrected chi connectivity index (χ3v) is 5.50. The number of nitrogens with zero attached hydrogens (tertiary/aromatic N) is 2. The average Bonchev–Trinajstić information content (AvgIpc) is 2.82. The zero-order chi connectivity index (χ0) is 22.9. The predicted molar refractivity (Wildman–Crippen MR) is 128 cm³/mol. The molecule has 184 valence electrons. The van der Waals surface area contributed by atoms with Gasteiger partial charge < -0.3 is 34.3 Å². The van der Waals surface area contributed by atoms with Gasteiger partial charge in [-0.05, 0) is 37.6 Å². The van der Waals surface area contributed by atoms with Gasteiger partial charge in [-0.2, -0.15) is 0 Å². The van der Waals surface area contributed by atoms with Crippen molar-refractivity contribution in [2.75, 3.05) is 103 Å². The van der Waals surface area contributed by atoms with Crippen LogP contribution in [0.4, 0.5) is 11.4 Å². The van der Waals surface area contributed by atoms with Crippen LogP contribution in [0, 0.1) is 0 Å². The van der Waals surface area contributed by atoms with E-state index in [1.807, 2.05) is 12.1 Å². The van der Waals surface area contributed by atoms with Gasteiger partial charge in [0.15, 0.2) is 0 Å². The van der Waals surface area contributed by atoms with Crippen molar-refractivity contribution < 1.29 is 23.7 Å². The fourth-order valence-corrected chi connectivity index (χ4v) is 3.30. The molecule has 2 N–H and O–H groups in total. The molecule has 1 atom stereocenters. The van der Waals surface area contributed by atoms with Crippen LogP contribution in [0.5, 0.6) is 0 Å². The number of piperazine rings is 1. The van der Waals surface area contributed by atoms with Crippen LogP contribution in [0.15, 0.2) is 24.3 Å². The lowest BCUT2D eigenvalue weighted by Gasteiger charge is -2.36. The SMILES string of the molecule is CCC(C)OCCOCCOCCOCCOCCN1CCN(c2ccc(N)cc2)CC1. The minimum Gasteiger partial charge on any atom is -0.399 e. The van der Waals surface area contributed by atoms with Gasteiger partial charge in [0.2, 0.25) is 0 Å². The third-order valence-electron chi connectivity index (χ3n) is 5.50. The first kappa shape index (κ1) is 26.8. The van der Waals surface area contributed by atoms with Crippen molar-refractivity contribution in [1.29, 1.82) is 0 Å². The molecular formula is C24H43N3O5. The molecule has 1 aliphatic heterocycles. The van der Waals surface area contributed by atoms with Crippen LogP contribution < -0.4 is 10.6 Å². The Bertz CT molecular complexity index is 567. The Morgan fingerprint density at radius 2 is 1.25 bits per heavy atom. The summed E-state index contributed by atoms with van der Waals surface area (Å²) in [6.07, 6.45) is 1.32. The Kier molecular flexibility index (Phi) is 14.3. The van der Waals surface area contributed by atoms with Gasteiger partial charge in [0.05, 0.1) is 65.6 Å². The van der Waals surface area contributed by atoms with Crippen molar-refractivity contribution in [2.24, 2.45) is 0 Å². The quantitative estimate of drug-likeness (QED) is 0.268. The van der Waals surface area contributed by atoms with E-state index in [-0.39, 0.29) is 0 Å². The molecule has 8 heteroatoms. The van der Waals surface area contributed by atoms with Gasteiger partial charge in [0.1, 0.15) is 0 Å². The maximum atomic E-state index is 5.77. The summed E-state index contributed by atoms with van der Waals surface area (Å²) >= 11 is 0. The van der Waals surface area contributed by atoms with E-state index < -0.39 is 0 Å². The highest BCUT2D eigenvalue weighted by Crippen LogP contribution is 2.17. The Labute approximate surface area is 193 Å². The second kappa shape index (κ2) is 17.1. The standard InChI is InChI=1S/C24H43N3O5/c1-3-22(2)32-21-20-31-19-18-30-17-16-29-15-14-28-13-12-26-8-10-27(11-9-26)24-6-4-23(25)5-7-24/h4-7,22H,3,8-21,25H2,1-2H3. The van der Waals surface area contributed by atoms with E-state index in [1.54, 1.807) is 0 Å². The second-order valence-electron chi connectivity index (χ2n) is 7.96. The first-order valence-electron chi connectivity index (χ1n) is 11.9. The normalized spacial score (nSPS) is 15.9. The molecule has 1 aromatic carbocycles. The van der Waals surface area contributed by atoms with Crippen LogP contribution in [0.25, 0.3) is 0 Å². The molecule has 32 heavy (non-hydrogen) atoms. The number of benzene rings is 1. The van der Waals surface area contributed by atoms with Crippen molar-refractivity contribution >= 4 is 11.4 Å². The van der Waals surface area contributed by atoms with Crippen molar-refractivity contribution in [3.8, 4) is 0 Å². The molecule has 0 aromatic heterocycles. The highest BCUT2D eigenvalue weighted by molar-refractivity contribution is 5.53. The van der Waals surface area contributed by atoms with E-state index in [0.29, 0.717) is 59.0 Å². The third kappa shape index (κ3) is 12.0. The van der Waals surface area contributed by atoms with Gasteiger partial charge in [-0.3, -0.25) is 4.90 Å². The molecule has 0 amide bonds. The zero-order valence-electron chi connectivity index (χ0n) is 20.0. The van der Waals surface area contributed by atoms with E-state index in [2.05, 4.69) is 35.8 Å². The predicted octanol–water partition coefficient (Wildman–Crippen LogP) is 2.27. The second-order valence-corrected chi connectivity index (χ2v) is 7.96. The van der Waals surface area contributed by atoms with Gasteiger partial charge in [-0.25, -0.2) is 0 Å². The zero-order valence-corrected chi connectivity index (χ0v) is 20.0.